The van der Waals surface area contributed by atoms with Gasteiger partial charge in [-0.3, -0.25) is 0 Å². The zero-order valence-corrected chi connectivity index (χ0v) is 9.45. The molecule has 0 amide bonds. The lowest BCUT2D eigenvalue weighted by Gasteiger charge is -2.11. The second kappa shape index (κ2) is 3.73. The van der Waals surface area contributed by atoms with Crippen LogP contribution < -0.4 is 10.5 Å². The summed E-state index contributed by atoms with van der Waals surface area (Å²) in [6.45, 7) is 0. The molecule has 2 rings (SSSR count). The molecule has 0 heterocycles. The number of hydrogen-bond donors (Lipinski definition) is 2. The van der Waals surface area contributed by atoms with Crippen LogP contribution in [0.3, 0.4) is 0 Å². The largest absolute Gasteiger partial charge is 0.487 e. The fourth-order valence-corrected chi connectivity index (χ4v) is 1.73. The van der Waals surface area contributed by atoms with Crippen LogP contribution in [0.2, 0.25) is 0 Å². The highest BCUT2D eigenvalue weighted by Gasteiger charge is 2.27. The second-order valence-corrected chi connectivity index (χ2v) is 4.41. The minimum atomic E-state index is -1.03. The van der Waals surface area contributed by atoms with Crippen LogP contribution in [0.25, 0.3) is 0 Å². The van der Waals surface area contributed by atoms with Gasteiger partial charge in [0, 0.05) is 4.47 Å². The molecule has 1 aliphatic carbocycles. The molecule has 0 saturated heterocycles. The van der Waals surface area contributed by atoms with Crippen molar-refractivity contribution in [2.24, 2.45) is 0 Å². The van der Waals surface area contributed by atoms with Gasteiger partial charge in [-0.1, -0.05) is 15.9 Å². The summed E-state index contributed by atoms with van der Waals surface area (Å²) in [6, 6.07) is 3.14. The number of nitrogen functional groups attached to an aromatic ring is 1. The Kier molecular flexibility index (Phi) is 2.56. The maximum Gasteiger partial charge on any atom is 0.339 e. The Balaban J connectivity index is 2.42. The van der Waals surface area contributed by atoms with Gasteiger partial charge in [-0.05, 0) is 25.0 Å². The van der Waals surface area contributed by atoms with Crippen LogP contribution in [0.5, 0.6) is 5.75 Å². The van der Waals surface area contributed by atoms with E-state index < -0.39 is 5.97 Å². The zero-order valence-electron chi connectivity index (χ0n) is 7.87. The van der Waals surface area contributed by atoms with Crippen molar-refractivity contribution in [2.75, 3.05) is 5.73 Å². The van der Waals surface area contributed by atoms with Gasteiger partial charge in [-0.15, -0.1) is 0 Å². The number of carbonyl (C=O) groups is 1. The second-order valence-electron chi connectivity index (χ2n) is 3.49. The van der Waals surface area contributed by atoms with Crippen molar-refractivity contribution in [3.8, 4) is 5.75 Å². The van der Waals surface area contributed by atoms with Gasteiger partial charge < -0.3 is 15.6 Å². The molecule has 1 saturated carbocycles. The summed E-state index contributed by atoms with van der Waals surface area (Å²) >= 11 is 3.20. The van der Waals surface area contributed by atoms with Crippen molar-refractivity contribution in [1.82, 2.24) is 0 Å². The highest BCUT2D eigenvalue weighted by Crippen LogP contribution is 2.35. The van der Waals surface area contributed by atoms with E-state index in [9.17, 15) is 4.79 Å². The summed E-state index contributed by atoms with van der Waals surface area (Å²) in [6.07, 6.45) is 2.06. The molecule has 1 fully saturated rings. The highest BCUT2D eigenvalue weighted by molar-refractivity contribution is 9.10. The Labute approximate surface area is 95.2 Å². The normalized spacial score (nSPS) is 15.0. The fourth-order valence-electron chi connectivity index (χ4n) is 1.26. The molecular formula is C10H10BrNO3. The van der Waals surface area contributed by atoms with E-state index in [2.05, 4.69) is 15.9 Å². The molecule has 4 nitrogen and oxygen atoms in total. The first-order valence-corrected chi connectivity index (χ1v) is 5.36. The first kappa shape index (κ1) is 10.3. The number of benzene rings is 1. The third kappa shape index (κ3) is 2.23. The van der Waals surface area contributed by atoms with Crippen LogP contribution in [-0.2, 0) is 0 Å². The molecule has 3 N–H and O–H groups in total. The van der Waals surface area contributed by atoms with Crippen LogP contribution in [-0.4, -0.2) is 17.2 Å². The molecule has 5 heteroatoms. The molecule has 1 aliphatic rings. The lowest BCUT2D eigenvalue weighted by atomic mass is 10.2. The summed E-state index contributed by atoms with van der Waals surface area (Å²) in [7, 11) is 0. The topological polar surface area (TPSA) is 72.6 Å². The Bertz CT molecular complexity index is 415. The molecule has 0 bridgehead atoms. The van der Waals surface area contributed by atoms with Gasteiger partial charge >= 0.3 is 5.97 Å². The van der Waals surface area contributed by atoms with E-state index in [-0.39, 0.29) is 17.4 Å². The van der Waals surface area contributed by atoms with Gasteiger partial charge in [0.25, 0.3) is 0 Å². The molecule has 0 atom stereocenters. The number of aromatic carboxylic acids is 1. The number of rotatable bonds is 3. The van der Waals surface area contributed by atoms with Crippen LogP contribution in [0.1, 0.15) is 23.2 Å². The van der Waals surface area contributed by atoms with E-state index in [0.717, 1.165) is 12.8 Å². The summed E-state index contributed by atoms with van der Waals surface area (Å²) in [5.41, 5.74) is 6.18. The minimum Gasteiger partial charge on any atom is -0.487 e. The SMILES string of the molecule is Nc1cc(Br)cc(C(=O)O)c1OC1CC1. The molecule has 80 valence electrons. The van der Waals surface area contributed by atoms with Crippen LogP contribution in [0.15, 0.2) is 16.6 Å². The third-order valence-corrected chi connectivity index (χ3v) is 2.58. The Morgan fingerprint density at radius 3 is 2.73 bits per heavy atom. The smallest absolute Gasteiger partial charge is 0.339 e. The van der Waals surface area contributed by atoms with Gasteiger partial charge in [-0.2, -0.15) is 0 Å². The lowest BCUT2D eigenvalue weighted by molar-refractivity contribution is 0.0692. The number of carboxylic acid groups (broad SMARTS) is 1. The predicted molar refractivity (Wildman–Crippen MR) is 59.2 cm³/mol. The number of nitrogens with two attached hydrogens (primary N) is 1. The van der Waals surface area contributed by atoms with E-state index in [4.69, 9.17) is 15.6 Å². The molecule has 15 heavy (non-hydrogen) atoms. The maximum absolute atomic E-state index is 11.0. The maximum atomic E-state index is 11.0. The number of carboxylic acids is 1. The highest BCUT2D eigenvalue weighted by atomic mass is 79.9. The summed E-state index contributed by atoms with van der Waals surface area (Å²) in [5, 5.41) is 8.99. The van der Waals surface area contributed by atoms with E-state index in [1.165, 1.54) is 6.07 Å². The average molecular weight is 272 g/mol. The van der Waals surface area contributed by atoms with E-state index in [0.29, 0.717) is 10.2 Å². The predicted octanol–water partition coefficient (Wildman–Crippen LogP) is 2.27. The van der Waals surface area contributed by atoms with Gasteiger partial charge in [0.15, 0.2) is 5.75 Å². The summed E-state index contributed by atoms with van der Waals surface area (Å²) in [5.74, 6) is -0.744. The van der Waals surface area contributed by atoms with E-state index in [1.54, 1.807) is 6.07 Å². The third-order valence-electron chi connectivity index (χ3n) is 2.12. The first-order chi connectivity index (χ1) is 7.08. The van der Waals surface area contributed by atoms with Crippen molar-refractivity contribution in [3.05, 3.63) is 22.2 Å². The van der Waals surface area contributed by atoms with Crippen LogP contribution in [0.4, 0.5) is 5.69 Å². The van der Waals surface area contributed by atoms with Gasteiger partial charge in [0.05, 0.1) is 11.8 Å². The van der Waals surface area contributed by atoms with Crippen molar-refractivity contribution in [3.63, 3.8) is 0 Å². The standard InChI is InChI=1S/C10H10BrNO3/c11-5-3-7(10(13)14)9(8(12)4-5)15-6-1-2-6/h3-4,6H,1-2,12H2,(H,13,14). The summed E-state index contributed by atoms with van der Waals surface area (Å²) < 4.78 is 6.12. The molecule has 0 aliphatic heterocycles. The minimum absolute atomic E-state index is 0.105. The monoisotopic (exact) mass is 271 g/mol. The van der Waals surface area contributed by atoms with Crippen molar-refractivity contribution >= 4 is 27.6 Å². The number of hydrogen-bond acceptors (Lipinski definition) is 3. The Hall–Kier alpha value is -1.23. The molecular weight excluding hydrogens is 262 g/mol. The Morgan fingerprint density at radius 1 is 1.53 bits per heavy atom. The molecule has 0 unspecified atom stereocenters. The van der Waals surface area contributed by atoms with Crippen LogP contribution >= 0.6 is 15.9 Å². The van der Waals surface area contributed by atoms with E-state index >= 15 is 0 Å². The van der Waals surface area contributed by atoms with Gasteiger partial charge in [-0.25, -0.2) is 4.79 Å². The zero-order chi connectivity index (χ0) is 11.0. The Morgan fingerprint density at radius 2 is 2.20 bits per heavy atom. The quantitative estimate of drug-likeness (QED) is 0.828. The van der Waals surface area contributed by atoms with Crippen molar-refractivity contribution < 1.29 is 14.6 Å². The van der Waals surface area contributed by atoms with Gasteiger partial charge in [0.1, 0.15) is 5.56 Å². The van der Waals surface area contributed by atoms with Crippen LogP contribution in [0, 0.1) is 0 Å². The number of ether oxygens (including phenoxy) is 1. The van der Waals surface area contributed by atoms with Crippen molar-refractivity contribution in [1.29, 1.82) is 0 Å². The first-order valence-electron chi connectivity index (χ1n) is 4.57. The molecule has 0 radical (unpaired) electrons. The van der Waals surface area contributed by atoms with Gasteiger partial charge in [0.2, 0.25) is 0 Å². The molecule has 1 aromatic rings. The lowest BCUT2D eigenvalue weighted by Crippen LogP contribution is -2.07. The number of halogens is 1. The fraction of sp³-hybridized carbons (Fsp3) is 0.300. The molecule has 1 aromatic carbocycles. The van der Waals surface area contributed by atoms with E-state index in [1.807, 2.05) is 0 Å². The number of anilines is 1. The molecule has 0 aromatic heterocycles. The summed E-state index contributed by atoms with van der Waals surface area (Å²) in [4.78, 5) is 11.0. The molecule has 0 spiro atoms. The van der Waals surface area contributed by atoms with Crippen molar-refractivity contribution in [2.45, 2.75) is 18.9 Å². The average Bonchev–Trinajstić information content (AvgIpc) is 2.92.